The standard InChI is InChI=1S/C16H18N4O5/c1-10-9-19(7-8-20(25-10)16(22)23)15(21)13-6-4-3-5-12(13)14-17-11(2)18-24-14/h3-6,10H,7-9H2,1-2H3,(H,22,23)/t10-/m0/s1. The van der Waals surface area contributed by atoms with E-state index in [1.165, 1.54) is 0 Å². The number of hydroxylamine groups is 2. The molecule has 1 fully saturated rings. The van der Waals surface area contributed by atoms with Crippen LogP contribution in [-0.4, -0.2) is 62.9 Å². The number of aromatic nitrogens is 2. The fourth-order valence-corrected chi connectivity index (χ4v) is 2.67. The van der Waals surface area contributed by atoms with Gasteiger partial charge in [0.1, 0.15) is 6.10 Å². The number of carbonyl (C=O) groups excluding carboxylic acids is 1. The van der Waals surface area contributed by atoms with Gasteiger partial charge in [0.15, 0.2) is 5.82 Å². The number of carbonyl (C=O) groups is 2. The first-order chi connectivity index (χ1) is 12.0. The summed E-state index contributed by atoms with van der Waals surface area (Å²) in [5, 5.41) is 13.7. The lowest BCUT2D eigenvalue weighted by atomic mass is 10.1. The van der Waals surface area contributed by atoms with Gasteiger partial charge in [0.05, 0.1) is 17.7 Å². The molecule has 0 spiro atoms. The topological polar surface area (TPSA) is 109 Å². The van der Waals surface area contributed by atoms with Gasteiger partial charge in [-0.25, -0.2) is 4.79 Å². The molecule has 0 aliphatic carbocycles. The summed E-state index contributed by atoms with van der Waals surface area (Å²) in [5.74, 6) is 0.507. The summed E-state index contributed by atoms with van der Waals surface area (Å²) in [6, 6.07) is 6.96. The van der Waals surface area contributed by atoms with Crippen LogP contribution in [0.4, 0.5) is 4.79 Å². The van der Waals surface area contributed by atoms with Crippen molar-refractivity contribution in [2.75, 3.05) is 19.6 Å². The molecule has 1 aromatic carbocycles. The highest BCUT2D eigenvalue weighted by atomic mass is 16.7. The number of hydrogen-bond donors (Lipinski definition) is 1. The molecule has 9 nitrogen and oxygen atoms in total. The Hall–Kier alpha value is -2.94. The molecule has 2 aromatic rings. The van der Waals surface area contributed by atoms with Crippen LogP contribution in [0.2, 0.25) is 0 Å². The van der Waals surface area contributed by atoms with Gasteiger partial charge in [0, 0.05) is 13.1 Å². The van der Waals surface area contributed by atoms with Crippen molar-refractivity contribution in [2.45, 2.75) is 20.0 Å². The van der Waals surface area contributed by atoms with Gasteiger partial charge >= 0.3 is 6.09 Å². The SMILES string of the molecule is Cc1noc(-c2ccccc2C(=O)N2CCN(C(=O)O)O[C@@H](C)C2)n1. The van der Waals surface area contributed by atoms with E-state index in [-0.39, 0.29) is 31.4 Å². The van der Waals surface area contributed by atoms with E-state index in [1.54, 1.807) is 43.0 Å². The van der Waals surface area contributed by atoms with Gasteiger partial charge in [-0.1, -0.05) is 17.3 Å². The number of nitrogens with zero attached hydrogens (tertiary/aromatic N) is 4. The molecule has 2 amide bonds. The lowest BCUT2D eigenvalue weighted by molar-refractivity contribution is -0.153. The quantitative estimate of drug-likeness (QED) is 0.883. The van der Waals surface area contributed by atoms with E-state index >= 15 is 0 Å². The van der Waals surface area contributed by atoms with E-state index in [0.717, 1.165) is 5.06 Å². The summed E-state index contributed by atoms with van der Waals surface area (Å²) >= 11 is 0. The first-order valence-electron chi connectivity index (χ1n) is 7.82. The lowest BCUT2D eigenvalue weighted by Gasteiger charge is -2.22. The van der Waals surface area contributed by atoms with Gasteiger partial charge in [-0.3, -0.25) is 9.63 Å². The molecule has 0 saturated carbocycles. The molecule has 25 heavy (non-hydrogen) atoms. The summed E-state index contributed by atoms with van der Waals surface area (Å²) in [5.41, 5.74) is 0.961. The first kappa shape index (κ1) is 16.9. The fraction of sp³-hybridized carbons (Fsp3) is 0.375. The van der Waals surface area contributed by atoms with Gasteiger partial charge in [-0.15, -0.1) is 0 Å². The molecule has 1 aliphatic heterocycles. The average Bonchev–Trinajstić information content (AvgIpc) is 2.92. The zero-order valence-corrected chi connectivity index (χ0v) is 13.9. The van der Waals surface area contributed by atoms with Crippen LogP contribution in [0.5, 0.6) is 0 Å². The van der Waals surface area contributed by atoms with E-state index in [4.69, 9.17) is 14.5 Å². The molecule has 0 radical (unpaired) electrons. The second-order valence-electron chi connectivity index (χ2n) is 5.74. The van der Waals surface area contributed by atoms with Gasteiger partial charge in [0.2, 0.25) is 0 Å². The smallest absolute Gasteiger partial charge is 0.431 e. The molecule has 132 valence electrons. The van der Waals surface area contributed by atoms with Crippen molar-refractivity contribution in [3.8, 4) is 11.5 Å². The number of aryl methyl sites for hydroxylation is 1. The third-order valence-electron chi connectivity index (χ3n) is 3.77. The highest BCUT2D eigenvalue weighted by Crippen LogP contribution is 2.24. The third kappa shape index (κ3) is 3.61. The second kappa shape index (κ2) is 6.89. The van der Waals surface area contributed by atoms with Crippen LogP contribution in [0.1, 0.15) is 23.1 Å². The molecule has 1 N–H and O–H groups in total. The second-order valence-corrected chi connectivity index (χ2v) is 5.74. The summed E-state index contributed by atoms with van der Waals surface area (Å²) in [4.78, 5) is 35.2. The Morgan fingerprint density at radius 3 is 2.72 bits per heavy atom. The van der Waals surface area contributed by atoms with Gasteiger partial charge in [-0.2, -0.15) is 10.0 Å². The van der Waals surface area contributed by atoms with E-state index in [9.17, 15) is 9.59 Å². The van der Waals surface area contributed by atoms with Crippen LogP contribution in [0.3, 0.4) is 0 Å². The molecule has 0 bridgehead atoms. The Labute approximate surface area is 143 Å². The van der Waals surface area contributed by atoms with Crippen LogP contribution in [0, 0.1) is 6.92 Å². The maximum atomic E-state index is 13.0. The Balaban J connectivity index is 1.87. The van der Waals surface area contributed by atoms with Gasteiger partial charge in [0.25, 0.3) is 11.8 Å². The number of benzene rings is 1. The fourth-order valence-electron chi connectivity index (χ4n) is 2.67. The van der Waals surface area contributed by atoms with E-state index < -0.39 is 12.2 Å². The van der Waals surface area contributed by atoms with E-state index in [0.29, 0.717) is 17.0 Å². The van der Waals surface area contributed by atoms with E-state index in [2.05, 4.69) is 10.1 Å². The van der Waals surface area contributed by atoms with Crippen molar-refractivity contribution in [3.05, 3.63) is 35.7 Å². The van der Waals surface area contributed by atoms with Crippen LogP contribution in [-0.2, 0) is 4.84 Å². The summed E-state index contributed by atoms with van der Waals surface area (Å²) in [7, 11) is 0. The minimum atomic E-state index is -1.18. The molecule has 1 aromatic heterocycles. The maximum Gasteiger partial charge on any atom is 0.431 e. The predicted octanol–water partition coefficient (Wildman–Crippen LogP) is 1.80. The number of carboxylic acid groups (broad SMARTS) is 1. The zero-order chi connectivity index (χ0) is 18.0. The largest absolute Gasteiger partial charge is 0.463 e. The van der Waals surface area contributed by atoms with Crippen molar-refractivity contribution in [1.29, 1.82) is 0 Å². The van der Waals surface area contributed by atoms with Crippen LogP contribution < -0.4 is 0 Å². The molecule has 9 heteroatoms. The Bertz CT molecular complexity index is 790. The van der Waals surface area contributed by atoms with Crippen molar-refractivity contribution >= 4 is 12.0 Å². The van der Waals surface area contributed by atoms with Crippen molar-refractivity contribution < 1.29 is 24.1 Å². The lowest BCUT2D eigenvalue weighted by Crippen LogP contribution is -2.37. The minimum absolute atomic E-state index is 0.0766. The number of rotatable bonds is 2. The van der Waals surface area contributed by atoms with Gasteiger partial charge in [-0.05, 0) is 26.0 Å². The molecule has 3 rings (SSSR count). The Morgan fingerprint density at radius 1 is 1.28 bits per heavy atom. The Kier molecular flexibility index (Phi) is 4.66. The van der Waals surface area contributed by atoms with Gasteiger partial charge < -0.3 is 14.5 Å². The minimum Gasteiger partial charge on any atom is -0.463 e. The molecule has 1 aliphatic rings. The maximum absolute atomic E-state index is 13.0. The van der Waals surface area contributed by atoms with Crippen molar-refractivity contribution in [3.63, 3.8) is 0 Å². The number of amides is 2. The van der Waals surface area contributed by atoms with Crippen LogP contribution in [0.25, 0.3) is 11.5 Å². The first-order valence-corrected chi connectivity index (χ1v) is 7.82. The average molecular weight is 346 g/mol. The molecular weight excluding hydrogens is 328 g/mol. The van der Waals surface area contributed by atoms with Crippen LogP contribution in [0.15, 0.2) is 28.8 Å². The Morgan fingerprint density at radius 2 is 2.04 bits per heavy atom. The molecule has 0 unspecified atom stereocenters. The number of hydrogen-bond acceptors (Lipinski definition) is 6. The van der Waals surface area contributed by atoms with Crippen molar-refractivity contribution in [1.82, 2.24) is 20.1 Å². The van der Waals surface area contributed by atoms with Crippen LogP contribution >= 0.6 is 0 Å². The highest BCUT2D eigenvalue weighted by molar-refractivity contribution is 6.00. The molecule has 1 saturated heterocycles. The summed E-state index contributed by atoms with van der Waals surface area (Å²) in [6.45, 7) is 4.00. The predicted molar refractivity (Wildman–Crippen MR) is 85.7 cm³/mol. The zero-order valence-electron chi connectivity index (χ0n) is 13.9. The van der Waals surface area contributed by atoms with E-state index in [1.807, 2.05) is 0 Å². The summed E-state index contributed by atoms with van der Waals surface area (Å²) in [6.07, 6.45) is -1.62. The normalized spacial score (nSPS) is 18.1. The van der Waals surface area contributed by atoms with Crippen molar-refractivity contribution in [2.24, 2.45) is 0 Å². The molecule has 2 heterocycles. The highest BCUT2D eigenvalue weighted by Gasteiger charge is 2.29. The molecule has 1 atom stereocenters. The monoisotopic (exact) mass is 346 g/mol. The summed E-state index contributed by atoms with van der Waals surface area (Å²) < 4.78 is 5.18. The molecular formula is C16H18N4O5. The third-order valence-corrected chi connectivity index (χ3v) is 3.77.